The zero-order valence-electron chi connectivity index (χ0n) is 19.1. The fraction of sp³-hybridized carbons (Fsp3) is 0.222. The molecule has 1 aliphatic rings. The first kappa shape index (κ1) is 23.1. The highest BCUT2D eigenvalue weighted by molar-refractivity contribution is 7.99. The van der Waals surface area contributed by atoms with E-state index in [4.69, 9.17) is 14.5 Å². The lowest BCUT2D eigenvalue weighted by atomic mass is 10.2. The van der Waals surface area contributed by atoms with Crippen molar-refractivity contribution in [3.63, 3.8) is 0 Å². The molecule has 1 amide bonds. The number of rotatable bonds is 8. The van der Waals surface area contributed by atoms with Crippen LogP contribution in [0.4, 0.5) is 5.69 Å². The van der Waals surface area contributed by atoms with Gasteiger partial charge >= 0.3 is 0 Å². The number of aromatic nitrogens is 2. The lowest BCUT2D eigenvalue weighted by Gasteiger charge is -2.16. The third kappa shape index (κ3) is 5.55. The van der Waals surface area contributed by atoms with E-state index in [0.717, 1.165) is 12.8 Å². The predicted octanol–water partition coefficient (Wildman–Crippen LogP) is 5.10. The Hall–Kier alpha value is -3.62. The largest absolute Gasteiger partial charge is 0.455 e. The van der Waals surface area contributed by atoms with Crippen molar-refractivity contribution in [1.29, 1.82) is 0 Å². The Balaban J connectivity index is 1.33. The molecule has 0 radical (unpaired) electrons. The van der Waals surface area contributed by atoms with Crippen LogP contribution in [0.15, 0.2) is 88.8 Å². The van der Waals surface area contributed by atoms with Crippen LogP contribution in [0.25, 0.3) is 10.9 Å². The fourth-order valence-corrected chi connectivity index (χ4v) is 4.81. The van der Waals surface area contributed by atoms with Crippen LogP contribution in [0.3, 0.4) is 0 Å². The molecule has 4 aromatic rings. The minimum absolute atomic E-state index is 0.0224. The molecule has 0 saturated carbocycles. The highest BCUT2D eigenvalue weighted by atomic mass is 32.2. The Bertz CT molecular complexity index is 1380. The van der Waals surface area contributed by atoms with Gasteiger partial charge in [0, 0.05) is 6.61 Å². The van der Waals surface area contributed by atoms with Crippen LogP contribution in [0.5, 0.6) is 11.5 Å². The number of amides is 1. The SMILES string of the molecule is O=C(CSc1nc2ccccc2c(=O)n1C[C@@H]1CCCO1)Nc1ccccc1Oc1ccccc1. The van der Waals surface area contributed by atoms with Crippen molar-refractivity contribution in [2.24, 2.45) is 0 Å². The van der Waals surface area contributed by atoms with Gasteiger partial charge in [-0.1, -0.05) is 54.2 Å². The summed E-state index contributed by atoms with van der Waals surface area (Å²) in [6.07, 6.45) is 1.86. The van der Waals surface area contributed by atoms with Gasteiger partial charge in [-0.25, -0.2) is 4.98 Å². The van der Waals surface area contributed by atoms with Crippen molar-refractivity contribution in [3.8, 4) is 11.5 Å². The van der Waals surface area contributed by atoms with Gasteiger partial charge in [-0.2, -0.15) is 0 Å². The Morgan fingerprint density at radius 3 is 2.66 bits per heavy atom. The van der Waals surface area contributed by atoms with Gasteiger partial charge in [0.15, 0.2) is 10.9 Å². The normalized spacial score (nSPS) is 15.3. The van der Waals surface area contributed by atoms with Crippen LogP contribution in [0.2, 0.25) is 0 Å². The summed E-state index contributed by atoms with van der Waals surface area (Å²) in [5, 5.41) is 3.99. The molecule has 1 atom stereocenters. The monoisotopic (exact) mass is 487 g/mol. The fourth-order valence-electron chi connectivity index (χ4n) is 4.00. The molecule has 8 heteroatoms. The highest BCUT2D eigenvalue weighted by Crippen LogP contribution is 2.29. The summed E-state index contributed by atoms with van der Waals surface area (Å²) in [4.78, 5) is 30.8. The molecule has 1 aliphatic heterocycles. The first-order valence-electron chi connectivity index (χ1n) is 11.5. The molecule has 0 aliphatic carbocycles. The molecule has 0 unspecified atom stereocenters. The third-order valence-corrected chi connectivity index (χ3v) is 6.68. The number of carbonyl (C=O) groups excluding carboxylic acids is 1. The second-order valence-electron chi connectivity index (χ2n) is 8.21. The zero-order chi connectivity index (χ0) is 24.0. The number of fused-ring (bicyclic) bond motifs is 1. The van der Waals surface area contributed by atoms with Crippen LogP contribution in [0, 0.1) is 0 Å². The van der Waals surface area contributed by atoms with Gasteiger partial charge in [0.05, 0.1) is 35.0 Å². The van der Waals surface area contributed by atoms with Crippen LogP contribution >= 0.6 is 11.8 Å². The average molecular weight is 488 g/mol. The molecule has 35 heavy (non-hydrogen) atoms. The summed E-state index contributed by atoms with van der Waals surface area (Å²) in [5.74, 6) is 1.11. The van der Waals surface area contributed by atoms with Crippen LogP contribution in [0.1, 0.15) is 12.8 Å². The van der Waals surface area contributed by atoms with E-state index in [1.54, 1.807) is 22.8 Å². The molecule has 5 rings (SSSR count). The lowest BCUT2D eigenvalue weighted by Crippen LogP contribution is -2.29. The summed E-state index contributed by atoms with van der Waals surface area (Å²) < 4.78 is 13.3. The zero-order valence-corrected chi connectivity index (χ0v) is 19.9. The Kier molecular flexibility index (Phi) is 7.11. The number of nitrogens with one attached hydrogen (secondary N) is 1. The Morgan fingerprint density at radius 2 is 1.83 bits per heavy atom. The number of benzene rings is 3. The van der Waals surface area contributed by atoms with E-state index >= 15 is 0 Å². The standard InChI is InChI=1S/C27H25N3O4S/c31-25(28-23-14-6-7-15-24(23)34-19-9-2-1-3-10-19)18-35-27-29-22-13-5-4-12-21(22)26(32)30(27)17-20-11-8-16-33-20/h1-7,9-10,12-15,20H,8,11,16-18H2,(H,28,31)/t20-/m0/s1. The number of thioether (sulfide) groups is 1. The van der Waals surface area contributed by atoms with E-state index in [1.807, 2.05) is 60.7 Å². The highest BCUT2D eigenvalue weighted by Gasteiger charge is 2.21. The van der Waals surface area contributed by atoms with Gasteiger partial charge < -0.3 is 14.8 Å². The van der Waals surface area contributed by atoms with Gasteiger partial charge in [-0.05, 0) is 49.2 Å². The Labute approximate surface area is 207 Å². The second-order valence-corrected chi connectivity index (χ2v) is 9.15. The average Bonchev–Trinajstić information content (AvgIpc) is 3.40. The van der Waals surface area contributed by atoms with E-state index in [0.29, 0.717) is 46.4 Å². The van der Waals surface area contributed by atoms with Crippen molar-refractivity contribution in [2.45, 2.75) is 30.6 Å². The number of ether oxygens (including phenoxy) is 2. The first-order chi connectivity index (χ1) is 17.2. The van der Waals surface area contributed by atoms with Gasteiger partial charge in [0.1, 0.15) is 5.75 Å². The number of hydrogen-bond donors (Lipinski definition) is 1. The smallest absolute Gasteiger partial charge is 0.262 e. The Morgan fingerprint density at radius 1 is 1.06 bits per heavy atom. The van der Waals surface area contributed by atoms with Gasteiger partial charge in [-0.3, -0.25) is 14.2 Å². The molecular weight excluding hydrogens is 462 g/mol. The van der Waals surface area contributed by atoms with E-state index in [9.17, 15) is 9.59 Å². The maximum atomic E-state index is 13.2. The van der Waals surface area contributed by atoms with Crippen LogP contribution in [-0.4, -0.2) is 33.9 Å². The minimum atomic E-state index is -0.217. The quantitative estimate of drug-likeness (QED) is 0.275. The van der Waals surface area contributed by atoms with Gasteiger partial charge in [0.2, 0.25) is 5.91 Å². The van der Waals surface area contributed by atoms with Crippen molar-refractivity contribution in [2.75, 3.05) is 17.7 Å². The predicted molar refractivity (Wildman–Crippen MR) is 137 cm³/mol. The van der Waals surface area contributed by atoms with E-state index in [2.05, 4.69) is 5.32 Å². The molecule has 3 aromatic carbocycles. The van der Waals surface area contributed by atoms with Crippen molar-refractivity contribution < 1.29 is 14.3 Å². The van der Waals surface area contributed by atoms with Gasteiger partial charge in [0.25, 0.3) is 5.56 Å². The molecule has 7 nitrogen and oxygen atoms in total. The summed E-state index contributed by atoms with van der Waals surface area (Å²) >= 11 is 1.24. The topological polar surface area (TPSA) is 82.5 Å². The third-order valence-electron chi connectivity index (χ3n) is 5.70. The van der Waals surface area contributed by atoms with Crippen LogP contribution in [-0.2, 0) is 16.1 Å². The number of hydrogen-bond acceptors (Lipinski definition) is 6. The molecule has 1 fully saturated rings. The number of para-hydroxylation sites is 4. The van der Waals surface area contributed by atoms with E-state index < -0.39 is 0 Å². The summed E-state index contributed by atoms with van der Waals surface area (Å²) in [5.41, 5.74) is 1.08. The van der Waals surface area contributed by atoms with Crippen molar-refractivity contribution in [3.05, 3.63) is 89.2 Å². The summed E-state index contributed by atoms with van der Waals surface area (Å²) in [6, 6.07) is 24.0. The summed E-state index contributed by atoms with van der Waals surface area (Å²) in [6.45, 7) is 1.13. The molecular formula is C27H25N3O4S. The first-order valence-corrected chi connectivity index (χ1v) is 12.5. The maximum absolute atomic E-state index is 13.2. The molecule has 0 bridgehead atoms. The molecule has 1 N–H and O–H groups in total. The van der Waals surface area contributed by atoms with Crippen molar-refractivity contribution >= 4 is 34.3 Å². The molecule has 2 heterocycles. The van der Waals surface area contributed by atoms with Crippen LogP contribution < -0.4 is 15.6 Å². The lowest BCUT2D eigenvalue weighted by molar-refractivity contribution is -0.113. The number of carbonyl (C=O) groups is 1. The molecule has 1 aromatic heterocycles. The minimum Gasteiger partial charge on any atom is -0.455 e. The molecule has 1 saturated heterocycles. The van der Waals surface area contributed by atoms with Gasteiger partial charge in [-0.15, -0.1) is 0 Å². The number of nitrogens with zero attached hydrogens (tertiary/aromatic N) is 2. The van der Waals surface area contributed by atoms with E-state index in [1.165, 1.54) is 11.8 Å². The van der Waals surface area contributed by atoms with E-state index in [-0.39, 0.29) is 23.3 Å². The molecule has 178 valence electrons. The summed E-state index contributed by atoms with van der Waals surface area (Å²) in [7, 11) is 0. The second kappa shape index (κ2) is 10.8. The number of anilines is 1. The maximum Gasteiger partial charge on any atom is 0.262 e. The van der Waals surface area contributed by atoms with Crippen molar-refractivity contribution in [1.82, 2.24) is 9.55 Å². The molecule has 0 spiro atoms.